The van der Waals surface area contributed by atoms with Crippen LogP contribution in [0.15, 0.2) is 39.7 Å². The van der Waals surface area contributed by atoms with E-state index in [0.717, 1.165) is 12.1 Å². The minimum Gasteiger partial charge on any atom is -0.305 e. The molecule has 1 N–H and O–H groups in total. The number of anilines is 1. The first kappa shape index (κ1) is 15.9. The third kappa shape index (κ3) is 4.01. The Kier molecular flexibility index (Phi) is 4.62. The van der Waals surface area contributed by atoms with E-state index in [9.17, 15) is 18.0 Å². The van der Waals surface area contributed by atoms with Crippen LogP contribution in [0.1, 0.15) is 15.9 Å². The molecule has 1 amide bonds. The van der Waals surface area contributed by atoms with E-state index in [2.05, 4.69) is 47.1 Å². The molecule has 2 aromatic rings. The average molecular weight is 425 g/mol. The monoisotopic (exact) mass is 423 g/mol. The number of aromatic nitrogens is 2. The number of rotatable bonds is 2. The number of nitrogens with one attached hydrogen (secondary N) is 1. The summed E-state index contributed by atoms with van der Waals surface area (Å²) in [7, 11) is 0. The molecule has 0 aliphatic heterocycles. The third-order valence-corrected chi connectivity index (χ3v) is 3.50. The highest BCUT2D eigenvalue weighted by Crippen LogP contribution is 2.32. The van der Waals surface area contributed by atoms with E-state index >= 15 is 0 Å². The molecule has 0 unspecified atom stereocenters. The fourth-order valence-electron chi connectivity index (χ4n) is 1.44. The number of carbonyl (C=O) groups is 1. The zero-order valence-corrected chi connectivity index (χ0v) is 13.3. The van der Waals surface area contributed by atoms with Gasteiger partial charge in [-0.3, -0.25) is 4.79 Å². The number of amides is 1. The largest absolute Gasteiger partial charge is 0.416 e. The molecule has 0 spiro atoms. The topological polar surface area (TPSA) is 54.9 Å². The maximum Gasteiger partial charge on any atom is 0.416 e. The molecule has 1 aromatic heterocycles. The van der Waals surface area contributed by atoms with Gasteiger partial charge in [-0.2, -0.15) is 13.2 Å². The van der Waals surface area contributed by atoms with Gasteiger partial charge in [0, 0.05) is 4.47 Å². The lowest BCUT2D eigenvalue weighted by Crippen LogP contribution is -2.15. The Hall–Kier alpha value is -1.48. The van der Waals surface area contributed by atoms with Crippen molar-refractivity contribution in [2.45, 2.75) is 6.18 Å². The van der Waals surface area contributed by atoms with Gasteiger partial charge in [0.1, 0.15) is 4.60 Å². The molecule has 0 radical (unpaired) electrons. The molecular weight excluding hydrogens is 419 g/mol. The summed E-state index contributed by atoms with van der Waals surface area (Å²) in [6.07, 6.45) is -1.88. The van der Waals surface area contributed by atoms with Crippen LogP contribution in [0.5, 0.6) is 0 Å². The summed E-state index contributed by atoms with van der Waals surface area (Å²) in [5, 5.41) is 2.37. The van der Waals surface area contributed by atoms with Gasteiger partial charge in [0.2, 0.25) is 0 Å². The number of carbonyl (C=O) groups excluding carboxylic acids is 1. The normalized spacial score (nSPS) is 11.3. The van der Waals surface area contributed by atoms with Crippen molar-refractivity contribution >= 4 is 43.6 Å². The zero-order valence-electron chi connectivity index (χ0n) is 10.1. The van der Waals surface area contributed by atoms with Gasteiger partial charge < -0.3 is 5.32 Å². The second-order valence-corrected chi connectivity index (χ2v) is 5.54. The second-order valence-electron chi connectivity index (χ2n) is 3.87. The summed E-state index contributed by atoms with van der Waals surface area (Å²) in [5.41, 5.74) is -1.05. The number of hydrogen-bond acceptors (Lipinski definition) is 3. The smallest absolute Gasteiger partial charge is 0.305 e. The molecule has 2 rings (SSSR count). The minimum atomic E-state index is -4.52. The Bertz CT molecular complexity index is 674. The lowest BCUT2D eigenvalue weighted by molar-refractivity contribution is -0.137. The van der Waals surface area contributed by atoms with Crippen molar-refractivity contribution in [1.82, 2.24) is 9.97 Å². The van der Waals surface area contributed by atoms with E-state index in [4.69, 9.17) is 0 Å². The van der Waals surface area contributed by atoms with E-state index in [0.29, 0.717) is 4.60 Å². The third-order valence-electron chi connectivity index (χ3n) is 2.40. The van der Waals surface area contributed by atoms with Gasteiger partial charge in [0.15, 0.2) is 5.82 Å². The van der Waals surface area contributed by atoms with Crippen LogP contribution in [0.25, 0.3) is 0 Å². The molecule has 9 heteroatoms. The van der Waals surface area contributed by atoms with Crippen LogP contribution in [0, 0.1) is 0 Å². The fraction of sp³-hybridized carbons (Fsp3) is 0.0833. The van der Waals surface area contributed by atoms with Crippen LogP contribution in [0.3, 0.4) is 0 Å². The maximum atomic E-state index is 12.7. The average Bonchev–Trinajstić information content (AvgIpc) is 2.40. The Morgan fingerprint density at radius 2 is 1.86 bits per heavy atom. The van der Waals surface area contributed by atoms with Crippen molar-refractivity contribution in [2.75, 3.05) is 5.32 Å². The first-order valence-electron chi connectivity index (χ1n) is 5.43. The zero-order chi connectivity index (χ0) is 15.6. The lowest BCUT2D eigenvalue weighted by atomic mass is 10.1. The van der Waals surface area contributed by atoms with Crippen LogP contribution < -0.4 is 5.32 Å². The maximum absolute atomic E-state index is 12.7. The van der Waals surface area contributed by atoms with Gasteiger partial charge in [-0.05, 0) is 50.1 Å². The van der Waals surface area contributed by atoms with Crippen molar-refractivity contribution in [1.29, 1.82) is 0 Å². The molecule has 0 saturated heterocycles. The quantitative estimate of drug-likeness (QED) is 0.783. The van der Waals surface area contributed by atoms with Crippen molar-refractivity contribution in [3.05, 3.63) is 50.8 Å². The van der Waals surface area contributed by atoms with Gasteiger partial charge in [-0.25, -0.2) is 9.97 Å². The van der Waals surface area contributed by atoms with Crippen LogP contribution in [-0.2, 0) is 6.18 Å². The van der Waals surface area contributed by atoms with Crippen LogP contribution >= 0.6 is 31.9 Å². The molecular formula is C12H6Br2F3N3O. The van der Waals surface area contributed by atoms with Crippen molar-refractivity contribution < 1.29 is 18.0 Å². The molecule has 4 nitrogen and oxygen atoms in total. The molecule has 1 heterocycles. The Morgan fingerprint density at radius 1 is 1.14 bits per heavy atom. The van der Waals surface area contributed by atoms with Crippen molar-refractivity contribution in [3.8, 4) is 0 Å². The van der Waals surface area contributed by atoms with Gasteiger partial charge >= 0.3 is 6.18 Å². The number of alkyl halides is 3. The predicted molar refractivity (Wildman–Crippen MR) is 76.8 cm³/mol. The SMILES string of the molecule is O=C(Nc1cnc(Br)cn1)c1cc(C(F)(F)F)ccc1Br. The number of nitrogens with zero attached hydrogens (tertiary/aromatic N) is 2. The molecule has 0 atom stereocenters. The molecule has 110 valence electrons. The Labute approximate surface area is 134 Å². The van der Waals surface area contributed by atoms with Crippen LogP contribution in [0.2, 0.25) is 0 Å². The van der Waals surface area contributed by atoms with E-state index in [1.54, 1.807) is 0 Å². The summed E-state index contributed by atoms with van der Waals surface area (Å²) >= 11 is 6.13. The number of halogens is 5. The number of benzene rings is 1. The fourth-order valence-corrected chi connectivity index (χ4v) is 2.07. The number of hydrogen-bond donors (Lipinski definition) is 1. The minimum absolute atomic E-state index is 0.132. The summed E-state index contributed by atoms with van der Waals surface area (Å²) in [6.45, 7) is 0. The summed E-state index contributed by atoms with van der Waals surface area (Å²) < 4.78 is 38.7. The molecule has 1 aromatic carbocycles. The van der Waals surface area contributed by atoms with E-state index in [-0.39, 0.29) is 15.9 Å². The Morgan fingerprint density at radius 3 is 2.43 bits per heavy atom. The van der Waals surface area contributed by atoms with Gasteiger partial charge in [-0.1, -0.05) is 0 Å². The summed E-state index contributed by atoms with van der Waals surface area (Å²) in [6, 6.07) is 2.83. The Balaban J connectivity index is 2.28. The molecule has 0 aliphatic rings. The van der Waals surface area contributed by atoms with Gasteiger partial charge in [0.05, 0.1) is 23.5 Å². The van der Waals surface area contributed by atoms with Gasteiger partial charge in [-0.15, -0.1) is 0 Å². The highest BCUT2D eigenvalue weighted by Gasteiger charge is 2.31. The van der Waals surface area contributed by atoms with E-state index in [1.807, 2.05) is 0 Å². The van der Waals surface area contributed by atoms with E-state index < -0.39 is 17.6 Å². The molecule has 21 heavy (non-hydrogen) atoms. The first-order valence-corrected chi connectivity index (χ1v) is 7.01. The summed E-state index contributed by atoms with van der Waals surface area (Å²) in [4.78, 5) is 19.7. The van der Waals surface area contributed by atoms with Crippen molar-refractivity contribution in [2.24, 2.45) is 0 Å². The highest BCUT2D eigenvalue weighted by molar-refractivity contribution is 9.10. The lowest BCUT2D eigenvalue weighted by Gasteiger charge is -2.10. The molecule has 0 bridgehead atoms. The standard InChI is InChI=1S/C12H6Br2F3N3O/c13-8-2-1-6(12(15,16)17)3-7(8)11(21)20-10-5-18-9(14)4-19-10/h1-5H,(H,19,20,21). The van der Waals surface area contributed by atoms with Crippen LogP contribution in [-0.4, -0.2) is 15.9 Å². The molecule has 0 fully saturated rings. The van der Waals surface area contributed by atoms with Crippen LogP contribution in [0.4, 0.5) is 19.0 Å². The predicted octanol–water partition coefficient (Wildman–Crippen LogP) is 4.27. The molecule has 0 saturated carbocycles. The summed E-state index contributed by atoms with van der Waals surface area (Å²) in [5.74, 6) is -0.586. The second kappa shape index (κ2) is 6.10. The highest BCUT2D eigenvalue weighted by atomic mass is 79.9. The van der Waals surface area contributed by atoms with E-state index in [1.165, 1.54) is 18.5 Å². The van der Waals surface area contributed by atoms with Crippen molar-refractivity contribution in [3.63, 3.8) is 0 Å². The van der Waals surface area contributed by atoms with Gasteiger partial charge in [0.25, 0.3) is 5.91 Å². The first-order chi connectivity index (χ1) is 9.77. The molecule has 0 aliphatic carbocycles.